The summed E-state index contributed by atoms with van der Waals surface area (Å²) in [5.41, 5.74) is 0. The van der Waals surface area contributed by atoms with Gasteiger partial charge in [-0.3, -0.25) is 0 Å². The molecule has 1 rings (SSSR count). The van der Waals surface area contributed by atoms with E-state index in [1.54, 1.807) is 0 Å². The zero-order valence-corrected chi connectivity index (χ0v) is 7.86. The van der Waals surface area contributed by atoms with Gasteiger partial charge in [0.05, 0.1) is 0 Å². The van der Waals surface area contributed by atoms with Crippen molar-refractivity contribution in [3.63, 3.8) is 0 Å². The Morgan fingerprint density at radius 2 is 2.00 bits per heavy atom. The van der Waals surface area contributed by atoms with Crippen molar-refractivity contribution in [2.45, 2.75) is 24.3 Å². The second-order valence-corrected chi connectivity index (χ2v) is 4.98. The quantitative estimate of drug-likeness (QED) is 0.642. The number of hydrogen-bond acceptors (Lipinski definition) is 1. The van der Waals surface area contributed by atoms with Gasteiger partial charge in [-0.1, -0.05) is 0 Å². The van der Waals surface area contributed by atoms with E-state index in [2.05, 4.69) is 0 Å². The molecule has 0 fully saturated rings. The van der Waals surface area contributed by atoms with Crippen molar-refractivity contribution in [2.75, 3.05) is 0 Å². The predicted molar refractivity (Wildman–Crippen MR) is 38.8 cm³/mol. The molecule has 0 amide bonds. The fourth-order valence-electron chi connectivity index (χ4n) is 0.990. The summed E-state index contributed by atoms with van der Waals surface area (Å²) in [5, 5.41) is -4.11. The van der Waals surface area contributed by atoms with E-state index < -0.39 is 20.0 Å². The van der Waals surface area contributed by atoms with E-state index in [9.17, 15) is 18.0 Å². The first-order chi connectivity index (χ1) is 5.47. The van der Waals surface area contributed by atoms with E-state index in [1.807, 2.05) is 0 Å². The Morgan fingerprint density at radius 3 is 2.50 bits per heavy atom. The minimum atomic E-state index is -4.11. The maximum atomic E-state index is 11.8. The molecule has 0 unspecified atom stereocenters. The van der Waals surface area contributed by atoms with Crippen LogP contribution in [0.25, 0.3) is 0 Å². The molecule has 5 heteroatoms. The molecule has 0 saturated carbocycles. The molecule has 0 aromatic heterocycles. The number of hydrogen-bond donors (Lipinski definition) is 0. The Hall–Kier alpha value is -0.281. The minimum absolute atomic E-state index is 0.164. The van der Waals surface area contributed by atoms with Gasteiger partial charge >= 0.3 is 73.6 Å². The molecule has 0 bridgehead atoms. The van der Waals surface area contributed by atoms with Gasteiger partial charge in [-0.2, -0.15) is 0 Å². The van der Waals surface area contributed by atoms with E-state index in [1.165, 1.54) is 0 Å². The first kappa shape index (κ1) is 9.80. The number of halogens is 3. The second-order valence-electron chi connectivity index (χ2n) is 2.48. The van der Waals surface area contributed by atoms with Crippen LogP contribution in [0.1, 0.15) is 19.3 Å². The van der Waals surface area contributed by atoms with E-state index in [4.69, 9.17) is 0 Å². The standard InChI is InChI=1S/C7H7F3OSe/c8-7(9,10)12-6-3-1-2-5(11)4-6/h4H,1-3H2. The third-order valence-corrected chi connectivity index (χ3v) is 3.13. The number of allylic oxidation sites excluding steroid dienone is 2. The Balaban J connectivity index is 2.57. The van der Waals surface area contributed by atoms with Crippen LogP contribution in [0.4, 0.5) is 13.2 Å². The van der Waals surface area contributed by atoms with Gasteiger partial charge in [0.15, 0.2) is 0 Å². The molecule has 1 aliphatic rings. The molecule has 0 aromatic rings. The number of rotatable bonds is 1. The third-order valence-electron chi connectivity index (χ3n) is 1.42. The summed E-state index contributed by atoms with van der Waals surface area (Å²) in [7, 11) is 0. The SMILES string of the molecule is O=C1C=C([Se]C(F)(F)F)CCC1. The molecule has 0 spiro atoms. The molecular formula is C7H7F3OSe. The summed E-state index contributed by atoms with van der Waals surface area (Å²) in [6, 6.07) is 0. The van der Waals surface area contributed by atoms with Gasteiger partial charge in [0.2, 0.25) is 0 Å². The third kappa shape index (κ3) is 3.41. The van der Waals surface area contributed by atoms with Crippen molar-refractivity contribution < 1.29 is 18.0 Å². The van der Waals surface area contributed by atoms with Gasteiger partial charge in [0, 0.05) is 0 Å². The molecule has 0 N–H and O–H groups in total. The Bertz CT molecular complexity index is 219. The zero-order chi connectivity index (χ0) is 9.19. The molecular weight excluding hydrogens is 236 g/mol. The fraction of sp³-hybridized carbons (Fsp3) is 0.571. The molecule has 0 atom stereocenters. The molecule has 68 valence electrons. The topological polar surface area (TPSA) is 17.1 Å². The van der Waals surface area contributed by atoms with E-state index in [0.717, 1.165) is 6.08 Å². The molecule has 0 heterocycles. The molecule has 0 aromatic carbocycles. The fourth-order valence-corrected chi connectivity index (χ4v) is 2.53. The Morgan fingerprint density at radius 1 is 1.33 bits per heavy atom. The van der Waals surface area contributed by atoms with Crippen LogP contribution in [0.2, 0.25) is 0 Å². The van der Waals surface area contributed by atoms with Crippen molar-refractivity contribution >= 4 is 20.7 Å². The van der Waals surface area contributed by atoms with Crippen molar-refractivity contribution in [3.8, 4) is 0 Å². The van der Waals surface area contributed by atoms with Crippen LogP contribution in [0.15, 0.2) is 10.5 Å². The summed E-state index contributed by atoms with van der Waals surface area (Å²) < 4.78 is 35.8. The second kappa shape index (κ2) is 3.62. The van der Waals surface area contributed by atoms with Crippen LogP contribution in [0.3, 0.4) is 0 Å². The normalized spacial score (nSPS) is 19.2. The molecule has 0 radical (unpaired) electrons. The van der Waals surface area contributed by atoms with E-state index in [0.29, 0.717) is 19.3 Å². The van der Waals surface area contributed by atoms with E-state index in [-0.39, 0.29) is 10.3 Å². The number of ketones is 1. The van der Waals surface area contributed by atoms with Crippen LogP contribution in [0.5, 0.6) is 0 Å². The van der Waals surface area contributed by atoms with Crippen LogP contribution in [-0.2, 0) is 4.79 Å². The van der Waals surface area contributed by atoms with Crippen LogP contribution in [0, 0.1) is 0 Å². The first-order valence-electron chi connectivity index (χ1n) is 3.46. The van der Waals surface area contributed by atoms with E-state index >= 15 is 0 Å². The van der Waals surface area contributed by atoms with Gasteiger partial charge in [0.25, 0.3) is 0 Å². The van der Waals surface area contributed by atoms with Gasteiger partial charge in [-0.25, -0.2) is 0 Å². The predicted octanol–water partition coefficient (Wildman–Crippen LogP) is 1.85. The van der Waals surface area contributed by atoms with Crippen molar-refractivity contribution in [3.05, 3.63) is 10.5 Å². The van der Waals surface area contributed by atoms with Crippen LogP contribution < -0.4 is 0 Å². The van der Waals surface area contributed by atoms with Crippen molar-refractivity contribution in [1.29, 1.82) is 0 Å². The summed E-state index contributed by atoms with van der Waals surface area (Å²) in [6.45, 7) is 0. The summed E-state index contributed by atoms with van der Waals surface area (Å²) in [6.07, 6.45) is 2.57. The van der Waals surface area contributed by atoms with Crippen LogP contribution in [-0.4, -0.2) is 25.8 Å². The summed E-state index contributed by atoms with van der Waals surface area (Å²) in [5.74, 6) is -0.164. The Kier molecular flexibility index (Phi) is 2.96. The van der Waals surface area contributed by atoms with Crippen molar-refractivity contribution in [1.82, 2.24) is 0 Å². The molecule has 1 nitrogen and oxygen atoms in total. The summed E-state index contributed by atoms with van der Waals surface area (Å²) >= 11 is -1.50. The van der Waals surface area contributed by atoms with Gasteiger partial charge < -0.3 is 0 Å². The van der Waals surface area contributed by atoms with Gasteiger partial charge in [0.1, 0.15) is 0 Å². The maximum absolute atomic E-state index is 11.8. The average Bonchev–Trinajstić information content (AvgIpc) is 1.82. The molecule has 12 heavy (non-hydrogen) atoms. The first-order valence-corrected chi connectivity index (χ1v) is 5.18. The number of carbonyl (C=O) groups is 1. The van der Waals surface area contributed by atoms with Gasteiger partial charge in [-0.05, 0) is 0 Å². The Labute approximate surface area is 74.2 Å². The average molecular weight is 243 g/mol. The van der Waals surface area contributed by atoms with Gasteiger partial charge in [-0.15, -0.1) is 0 Å². The molecule has 1 aliphatic carbocycles. The molecule has 0 aliphatic heterocycles. The monoisotopic (exact) mass is 244 g/mol. The number of carbonyl (C=O) groups excluding carboxylic acids is 1. The van der Waals surface area contributed by atoms with Crippen molar-refractivity contribution in [2.24, 2.45) is 0 Å². The molecule has 0 saturated heterocycles. The number of alkyl halides is 3. The van der Waals surface area contributed by atoms with Crippen LogP contribution >= 0.6 is 0 Å². The summed E-state index contributed by atoms with van der Waals surface area (Å²) in [4.78, 5) is 10.7. The zero-order valence-electron chi connectivity index (χ0n) is 6.15.